The molecule has 0 amide bonds. The van der Waals surface area contributed by atoms with Crippen LogP contribution in [0.25, 0.3) is 0 Å². The maximum atomic E-state index is 12.8. The first-order valence-electron chi connectivity index (χ1n) is 5.25. The Hall–Kier alpha value is -1.18. The van der Waals surface area contributed by atoms with Gasteiger partial charge >= 0.3 is 0 Å². The zero-order valence-corrected chi connectivity index (χ0v) is 9.51. The molecule has 0 heterocycles. The summed E-state index contributed by atoms with van der Waals surface area (Å²) in [6, 6.07) is 4.58. The summed E-state index contributed by atoms with van der Waals surface area (Å²) in [6.45, 7) is 5.88. The summed E-state index contributed by atoms with van der Waals surface area (Å²) in [5, 5.41) is 0. The van der Waals surface area contributed by atoms with Crippen molar-refractivity contribution < 1.29 is 9.18 Å². The normalized spacial score (nSPS) is 10.7. The van der Waals surface area contributed by atoms with Gasteiger partial charge in [0.15, 0.2) is 0 Å². The molecule has 0 N–H and O–H groups in total. The number of rotatable bonds is 4. The number of carbonyl (C=O) groups is 1. The molecular weight excluding hydrogens is 191 g/mol. The number of aryl methyl sites for hydroxylation is 1. The van der Waals surface area contributed by atoms with Gasteiger partial charge in [-0.05, 0) is 36.1 Å². The first-order chi connectivity index (χ1) is 6.99. The van der Waals surface area contributed by atoms with Gasteiger partial charge in [0.05, 0.1) is 0 Å². The molecule has 1 nitrogen and oxygen atoms in total. The number of carbonyl (C=O) groups excluding carboxylic acids is 1. The van der Waals surface area contributed by atoms with Crippen LogP contribution in [0, 0.1) is 18.7 Å². The molecule has 0 aromatic heterocycles. The summed E-state index contributed by atoms with van der Waals surface area (Å²) in [7, 11) is 0. The highest BCUT2D eigenvalue weighted by Gasteiger charge is 2.08. The van der Waals surface area contributed by atoms with Gasteiger partial charge in [-0.2, -0.15) is 0 Å². The van der Waals surface area contributed by atoms with E-state index in [1.807, 2.05) is 20.8 Å². The third-order valence-electron chi connectivity index (χ3n) is 2.33. The van der Waals surface area contributed by atoms with Crippen LogP contribution < -0.4 is 0 Å². The van der Waals surface area contributed by atoms with Gasteiger partial charge in [-0.1, -0.05) is 19.9 Å². The molecule has 0 aliphatic rings. The van der Waals surface area contributed by atoms with Crippen LogP contribution in [0.1, 0.15) is 31.4 Å². The zero-order valence-electron chi connectivity index (χ0n) is 9.51. The fourth-order valence-corrected chi connectivity index (χ4v) is 1.60. The monoisotopic (exact) mass is 208 g/mol. The minimum atomic E-state index is -0.243. The molecule has 0 unspecified atom stereocenters. The Bertz CT molecular complexity index is 356. The molecule has 1 aromatic rings. The van der Waals surface area contributed by atoms with Gasteiger partial charge in [-0.3, -0.25) is 4.79 Å². The van der Waals surface area contributed by atoms with Crippen LogP contribution in [0.3, 0.4) is 0 Å². The van der Waals surface area contributed by atoms with Gasteiger partial charge in [-0.25, -0.2) is 4.39 Å². The number of hydrogen-bond donors (Lipinski definition) is 0. The number of hydrogen-bond acceptors (Lipinski definition) is 1. The summed E-state index contributed by atoms with van der Waals surface area (Å²) in [6.07, 6.45) is 1.01. The number of ketones is 1. The van der Waals surface area contributed by atoms with Crippen molar-refractivity contribution in [3.8, 4) is 0 Å². The Labute approximate surface area is 90.3 Å². The highest BCUT2D eigenvalue weighted by Crippen LogP contribution is 2.13. The van der Waals surface area contributed by atoms with Crippen LogP contribution in [-0.2, 0) is 11.2 Å². The first-order valence-corrected chi connectivity index (χ1v) is 5.25. The molecule has 0 saturated carbocycles. The first kappa shape index (κ1) is 11.9. The predicted octanol–water partition coefficient (Wildman–Crippen LogP) is 3.29. The molecule has 0 aliphatic carbocycles. The molecule has 2 heteroatoms. The molecule has 1 rings (SSSR count). The van der Waals surface area contributed by atoms with E-state index in [0.717, 1.165) is 11.1 Å². The van der Waals surface area contributed by atoms with Crippen LogP contribution in [0.5, 0.6) is 0 Å². The van der Waals surface area contributed by atoms with E-state index in [9.17, 15) is 9.18 Å². The van der Waals surface area contributed by atoms with Crippen molar-refractivity contribution in [3.63, 3.8) is 0 Å². The van der Waals surface area contributed by atoms with Crippen molar-refractivity contribution in [1.82, 2.24) is 0 Å². The molecule has 0 fully saturated rings. The van der Waals surface area contributed by atoms with E-state index < -0.39 is 0 Å². The lowest BCUT2D eigenvalue weighted by molar-refractivity contribution is -0.119. The summed E-state index contributed by atoms with van der Waals surface area (Å²) < 4.78 is 12.8. The molecule has 15 heavy (non-hydrogen) atoms. The topological polar surface area (TPSA) is 17.1 Å². The lowest BCUT2D eigenvalue weighted by Gasteiger charge is -2.06. The summed E-state index contributed by atoms with van der Waals surface area (Å²) >= 11 is 0. The van der Waals surface area contributed by atoms with Crippen molar-refractivity contribution in [2.45, 2.75) is 33.6 Å². The van der Waals surface area contributed by atoms with E-state index in [1.165, 1.54) is 12.1 Å². The average molecular weight is 208 g/mol. The number of Topliss-reactive ketones (excluding diaryl/α,β-unsaturated/α-hetero) is 1. The Balaban J connectivity index is 2.68. The Kier molecular flexibility index (Phi) is 4.01. The van der Waals surface area contributed by atoms with Gasteiger partial charge < -0.3 is 0 Å². The average Bonchev–Trinajstić information content (AvgIpc) is 2.08. The van der Waals surface area contributed by atoms with Crippen LogP contribution in [0.15, 0.2) is 18.2 Å². The van der Waals surface area contributed by atoms with Gasteiger partial charge in [0.2, 0.25) is 0 Å². The molecule has 0 saturated heterocycles. The van der Waals surface area contributed by atoms with Crippen LogP contribution in [0.2, 0.25) is 0 Å². The highest BCUT2D eigenvalue weighted by atomic mass is 19.1. The van der Waals surface area contributed by atoms with Gasteiger partial charge in [0, 0.05) is 12.8 Å². The van der Waals surface area contributed by atoms with E-state index in [0.29, 0.717) is 18.8 Å². The van der Waals surface area contributed by atoms with Crippen molar-refractivity contribution in [1.29, 1.82) is 0 Å². The molecule has 0 atom stereocenters. The number of halogens is 1. The summed E-state index contributed by atoms with van der Waals surface area (Å²) in [4.78, 5) is 11.6. The SMILES string of the molecule is Cc1cc(F)ccc1CC(=O)CC(C)C. The van der Waals surface area contributed by atoms with Crippen LogP contribution in [0.4, 0.5) is 4.39 Å². The van der Waals surface area contributed by atoms with Crippen LogP contribution >= 0.6 is 0 Å². The molecule has 0 aliphatic heterocycles. The Morgan fingerprint density at radius 2 is 2.07 bits per heavy atom. The molecule has 0 spiro atoms. The largest absolute Gasteiger partial charge is 0.299 e. The lowest BCUT2D eigenvalue weighted by Crippen LogP contribution is -2.07. The molecule has 0 radical (unpaired) electrons. The predicted molar refractivity (Wildman–Crippen MR) is 59.3 cm³/mol. The van der Waals surface area contributed by atoms with E-state index in [2.05, 4.69) is 0 Å². The van der Waals surface area contributed by atoms with Crippen molar-refractivity contribution in [3.05, 3.63) is 35.1 Å². The third kappa shape index (κ3) is 3.82. The quantitative estimate of drug-likeness (QED) is 0.742. The van der Waals surface area contributed by atoms with Gasteiger partial charge in [0.1, 0.15) is 11.6 Å². The van der Waals surface area contributed by atoms with E-state index in [4.69, 9.17) is 0 Å². The molecular formula is C13H17FO. The van der Waals surface area contributed by atoms with Gasteiger partial charge in [-0.15, -0.1) is 0 Å². The van der Waals surface area contributed by atoms with Crippen LogP contribution in [-0.4, -0.2) is 5.78 Å². The zero-order chi connectivity index (χ0) is 11.4. The summed E-state index contributed by atoms with van der Waals surface area (Å²) in [5.74, 6) is 0.366. The Morgan fingerprint density at radius 1 is 1.40 bits per heavy atom. The molecule has 1 aromatic carbocycles. The Morgan fingerprint density at radius 3 is 2.60 bits per heavy atom. The van der Waals surface area contributed by atoms with E-state index >= 15 is 0 Å². The molecule has 82 valence electrons. The second kappa shape index (κ2) is 5.06. The van der Waals surface area contributed by atoms with Gasteiger partial charge in [0.25, 0.3) is 0 Å². The minimum absolute atomic E-state index is 0.222. The minimum Gasteiger partial charge on any atom is -0.299 e. The summed E-state index contributed by atoms with van der Waals surface area (Å²) in [5.41, 5.74) is 1.79. The third-order valence-corrected chi connectivity index (χ3v) is 2.33. The maximum Gasteiger partial charge on any atom is 0.137 e. The fourth-order valence-electron chi connectivity index (χ4n) is 1.60. The van der Waals surface area contributed by atoms with Crippen molar-refractivity contribution in [2.75, 3.05) is 0 Å². The van der Waals surface area contributed by atoms with Crippen molar-refractivity contribution in [2.24, 2.45) is 5.92 Å². The highest BCUT2D eigenvalue weighted by molar-refractivity contribution is 5.81. The lowest BCUT2D eigenvalue weighted by atomic mass is 9.98. The number of benzene rings is 1. The standard InChI is InChI=1S/C13H17FO/c1-9(2)6-13(15)8-11-4-5-12(14)7-10(11)3/h4-5,7,9H,6,8H2,1-3H3. The van der Waals surface area contributed by atoms with Crippen molar-refractivity contribution >= 4 is 5.78 Å². The second-order valence-corrected chi connectivity index (χ2v) is 4.38. The smallest absolute Gasteiger partial charge is 0.137 e. The van der Waals surface area contributed by atoms with E-state index in [-0.39, 0.29) is 11.6 Å². The van der Waals surface area contributed by atoms with E-state index in [1.54, 1.807) is 6.07 Å². The maximum absolute atomic E-state index is 12.8. The fraction of sp³-hybridized carbons (Fsp3) is 0.462. The molecule has 0 bridgehead atoms. The second-order valence-electron chi connectivity index (χ2n) is 4.38.